The predicted molar refractivity (Wildman–Crippen MR) is 120 cm³/mol. The molecule has 1 N–H and O–H groups in total. The van der Waals surface area contributed by atoms with E-state index in [1.54, 1.807) is 44.2 Å². The molecule has 0 heterocycles. The fraction of sp³-hybridized carbons (Fsp3) is 0.269. The minimum absolute atomic E-state index is 0.0112. The highest BCUT2D eigenvalue weighted by molar-refractivity contribution is 5.80. The molecule has 0 bridgehead atoms. The van der Waals surface area contributed by atoms with Crippen LogP contribution in [0.5, 0.6) is 11.5 Å². The molecule has 10 heteroatoms. The third-order valence-corrected chi connectivity index (χ3v) is 5.29. The number of carbonyl (C=O) groups is 1. The Morgan fingerprint density at radius 3 is 1.64 bits per heavy atom. The van der Waals surface area contributed by atoms with E-state index in [0.29, 0.717) is 5.56 Å². The normalized spacial score (nSPS) is 12.4. The van der Waals surface area contributed by atoms with Crippen LogP contribution in [0.1, 0.15) is 30.5 Å². The van der Waals surface area contributed by atoms with Crippen molar-refractivity contribution in [2.24, 2.45) is 5.92 Å². The second-order valence-corrected chi connectivity index (χ2v) is 8.36. The van der Waals surface area contributed by atoms with E-state index >= 15 is 0 Å². The maximum Gasteiger partial charge on any atom is 0.573 e. The zero-order chi connectivity index (χ0) is 26.6. The first-order chi connectivity index (χ1) is 16.8. The molecule has 192 valence electrons. The molecular weight excluding hydrogens is 488 g/mol. The van der Waals surface area contributed by atoms with Crippen molar-refractivity contribution in [3.63, 3.8) is 0 Å². The largest absolute Gasteiger partial charge is 0.573 e. The summed E-state index contributed by atoms with van der Waals surface area (Å²) in [5.41, 5.74) is -0.554. The zero-order valence-electron chi connectivity index (χ0n) is 19.3. The average molecular weight is 511 g/mol. The highest BCUT2D eigenvalue weighted by Crippen LogP contribution is 2.38. The van der Waals surface area contributed by atoms with Crippen molar-refractivity contribution in [2.75, 3.05) is 0 Å². The number of amides is 1. The van der Waals surface area contributed by atoms with Crippen LogP contribution in [0.25, 0.3) is 0 Å². The number of rotatable bonds is 8. The lowest BCUT2D eigenvalue weighted by Gasteiger charge is -2.37. The van der Waals surface area contributed by atoms with Crippen molar-refractivity contribution in [3.05, 3.63) is 95.6 Å². The summed E-state index contributed by atoms with van der Waals surface area (Å²) < 4.78 is 85.9. The van der Waals surface area contributed by atoms with E-state index in [4.69, 9.17) is 0 Å². The highest BCUT2D eigenvalue weighted by Gasteiger charge is 2.39. The first kappa shape index (κ1) is 26.9. The van der Waals surface area contributed by atoms with Gasteiger partial charge in [-0.1, -0.05) is 68.4 Å². The van der Waals surface area contributed by atoms with Crippen molar-refractivity contribution < 1.29 is 40.6 Å². The molecule has 1 amide bonds. The van der Waals surface area contributed by atoms with E-state index in [0.717, 1.165) is 24.3 Å². The fourth-order valence-corrected chi connectivity index (χ4v) is 3.73. The fourth-order valence-electron chi connectivity index (χ4n) is 3.73. The second-order valence-electron chi connectivity index (χ2n) is 8.36. The van der Waals surface area contributed by atoms with Gasteiger partial charge < -0.3 is 14.8 Å². The Kier molecular flexibility index (Phi) is 7.86. The lowest BCUT2D eigenvalue weighted by molar-refractivity contribution is -0.275. The number of hydrogen-bond donors (Lipinski definition) is 1. The van der Waals surface area contributed by atoms with Crippen LogP contribution >= 0.6 is 0 Å². The third-order valence-electron chi connectivity index (χ3n) is 5.29. The Morgan fingerprint density at radius 2 is 1.22 bits per heavy atom. The molecule has 3 aromatic rings. The van der Waals surface area contributed by atoms with Gasteiger partial charge in [0.2, 0.25) is 5.91 Å². The van der Waals surface area contributed by atoms with Crippen molar-refractivity contribution in [1.29, 1.82) is 0 Å². The summed E-state index contributed by atoms with van der Waals surface area (Å²) in [6, 6.07) is 18.7. The lowest BCUT2D eigenvalue weighted by atomic mass is 9.77. The number of alkyl halides is 6. The molecule has 36 heavy (non-hydrogen) atoms. The van der Waals surface area contributed by atoms with Crippen LogP contribution in [0.2, 0.25) is 0 Å². The molecule has 0 aliphatic carbocycles. The van der Waals surface area contributed by atoms with E-state index in [2.05, 4.69) is 14.8 Å². The van der Waals surface area contributed by atoms with Crippen molar-refractivity contribution >= 4 is 5.91 Å². The van der Waals surface area contributed by atoms with Gasteiger partial charge in [-0.05, 0) is 41.0 Å². The molecule has 4 nitrogen and oxygen atoms in total. The number of halogens is 6. The standard InChI is InChI=1S/C26H23F6NO3/c1-17(2)23(34)33-24(16-18-8-4-3-5-9-18,19-10-6-12-21(14-19)35-25(27,28)29)20-11-7-13-22(15-20)36-26(30,31)32/h3-15,17H,16H2,1-2H3,(H,33,34). The van der Waals surface area contributed by atoms with Gasteiger partial charge in [-0.2, -0.15) is 0 Å². The van der Waals surface area contributed by atoms with Crippen LogP contribution < -0.4 is 14.8 Å². The Bertz CT molecular complexity index is 1120. The van der Waals surface area contributed by atoms with Crippen LogP contribution in [-0.4, -0.2) is 18.6 Å². The molecule has 0 spiro atoms. The van der Waals surface area contributed by atoms with Gasteiger partial charge in [0.15, 0.2) is 0 Å². The zero-order valence-corrected chi connectivity index (χ0v) is 19.3. The third kappa shape index (κ3) is 7.16. The summed E-state index contributed by atoms with van der Waals surface area (Å²) in [7, 11) is 0. The molecule has 0 atom stereocenters. The SMILES string of the molecule is CC(C)C(=O)NC(Cc1ccccc1)(c1cccc(OC(F)(F)F)c1)c1cccc(OC(F)(F)F)c1. The minimum atomic E-state index is -4.97. The van der Waals surface area contributed by atoms with Gasteiger partial charge in [0.05, 0.1) is 5.54 Å². The molecule has 0 aliphatic rings. The number of nitrogens with one attached hydrogen (secondary N) is 1. The van der Waals surface area contributed by atoms with Gasteiger partial charge in [0.1, 0.15) is 11.5 Å². The van der Waals surface area contributed by atoms with Crippen molar-refractivity contribution in [3.8, 4) is 11.5 Å². The maximum atomic E-state index is 13.0. The van der Waals surface area contributed by atoms with Gasteiger partial charge in [-0.25, -0.2) is 0 Å². The Balaban J connectivity index is 2.26. The Labute approximate surface area is 203 Å². The summed E-state index contributed by atoms with van der Waals surface area (Å²) in [5, 5.41) is 2.88. The summed E-state index contributed by atoms with van der Waals surface area (Å²) in [6.07, 6.45) is -9.93. The number of hydrogen-bond acceptors (Lipinski definition) is 3. The van der Waals surface area contributed by atoms with E-state index in [1.807, 2.05) is 0 Å². The molecule has 0 saturated heterocycles. The molecule has 3 aromatic carbocycles. The summed E-state index contributed by atoms with van der Waals surface area (Å²) in [4.78, 5) is 13.0. The maximum absolute atomic E-state index is 13.0. The molecule has 0 fully saturated rings. The van der Waals surface area contributed by atoms with Crippen molar-refractivity contribution in [2.45, 2.75) is 38.5 Å². The van der Waals surface area contributed by atoms with Crippen LogP contribution in [0.15, 0.2) is 78.9 Å². The number of ether oxygens (including phenoxy) is 2. The first-order valence-corrected chi connectivity index (χ1v) is 10.9. The quantitative estimate of drug-likeness (QED) is 0.341. The van der Waals surface area contributed by atoms with Crippen molar-refractivity contribution in [1.82, 2.24) is 5.32 Å². The molecule has 0 unspecified atom stereocenters. The van der Waals surface area contributed by atoms with Crippen LogP contribution in [0.4, 0.5) is 26.3 Å². The van der Waals surface area contributed by atoms with Gasteiger partial charge in [0, 0.05) is 12.3 Å². The summed E-state index contributed by atoms with van der Waals surface area (Å²) in [5.74, 6) is -2.09. The number of benzene rings is 3. The van der Waals surface area contributed by atoms with E-state index in [-0.39, 0.29) is 17.5 Å². The van der Waals surface area contributed by atoms with Crippen LogP contribution in [-0.2, 0) is 16.8 Å². The van der Waals surface area contributed by atoms with Crippen LogP contribution in [0, 0.1) is 5.92 Å². The second kappa shape index (κ2) is 10.5. The molecular formula is C26H23F6NO3. The summed E-state index contributed by atoms with van der Waals surface area (Å²) in [6.45, 7) is 3.24. The first-order valence-electron chi connectivity index (χ1n) is 10.9. The number of carbonyl (C=O) groups excluding carboxylic acids is 1. The monoisotopic (exact) mass is 511 g/mol. The molecule has 0 radical (unpaired) electrons. The molecule has 0 aromatic heterocycles. The molecule has 0 saturated carbocycles. The molecule has 0 aliphatic heterocycles. The highest BCUT2D eigenvalue weighted by atomic mass is 19.4. The van der Waals surface area contributed by atoms with Crippen LogP contribution in [0.3, 0.4) is 0 Å². The van der Waals surface area contributed by atoms with E-state index < -0.39 is 41.6 Å². The Morgan fingerprint density at radius 1 is 0.750 bits per heavy atom. The Hall–Kier alpha value is -3.69. The summed E-state index contributed by atoms with van der Waals surface area (Å²) >= 11 is 0. The van der Waals surface area contributed by atoms with Gasteiger partial charge >= 0.3 is 12.7 Å². The predicted octanol–water partition coefficient (Wildman–Crippen LogP) is 6.74. The van der Waals surface area contributed by atoms with E-state index in [1.165, 1.54) is 24.3 Å². The minimum Gasteiger partial charge on any atom is -0.406 e. The molecule has 3 rings (SSSR count). The smallest absolute Gasteiger partial charge is 0.406 e. The van der Waals surface area contributed by atoms with E-state index in [9.17, 15) is 31.1 Å². The van der Waals surface area contributed by atoms with Gasteiger partial charge in [0.25, 0.3) is 0 Å². The van der Waals surface area contributed by atoms with Gasteiger partial charge in [-0.15, -0.1) is 26.3 Å². The average Bonchev–Trinajstić information content (AvgIpc) is 2.77. The van der Waals surface area contributed by atoms with Gasteiger partial charge in [-0.3, -0.25) is 4.79 Å². The topological polar surface area (TPSA) is 47.6 Å². The lowest BCUT2D eigenvalue weighted by Crippen LogP contribution is -2.50.